The molecule has 120 valence electrons. The van der Waals surface area contributed by atoms with Gasteiger partial charge in [-0.15, -0.1) is 0 Å². The van der Waals surface area contributed by atoms with Gasteiger partial charge < -0.3 is 20.4 Å². The van der Waals surface area contributed by atoms with Gasteiger partial charge in [-0.25, -0.2) is 4.99 Å². The number of piperazine rings is 1. The zero-order valence-electron chi connectivity index (χ0n) is 13.0. The molecule has 3 aliphatic heterocycles. The fraction of sp³-hybridized carbons (Fsp3) is 0.412. The van der Waals surface area contributed by atoms with Crippen LogP contribution in [0.5, 0.6) is 0 Å². The SMILES string of the molecule is O=C1NC=CC2N=C(N3CCNCC3)N(Cc3ccccc3)C12. The first-order valence-electron chi connectivity index (χ1n) is 8.14. The maximum absolute atomic E-state index is 12.4. The molecule has 3 heterocycles. The fourth-order valence-corrected chi connectivity index (χ4v) is 3.42. The van der Waals surface area contributed by atoms with Crippen LogP contribution in [0.2, 0.25) is 0 Å². The molecular formula is C17H21N5O. The molecule has 6 heteroatoms. The van der Waals surface area contributed by atoms with Crippen LogP contribution in [0.1, 0.15) is 5.56 Å². The highest BCUT2D eigenvalue weighted by Crippen LogP contribution is 2.25. The van der Waals surface area contributed by atoms with Crippen LogP contribution in [-0.2, 0) is 11.3 Å². The van der Waals surface area contributed by atoms with Crippen LogP contribution in [0.15, 0.2) is 47.6 Å². The molecule has 1 aromatic carbocycles. The third-order valence-electron chi connectivity index (χ3n) is 4.56. The molecule has 0 spiro atoms. The van der Waals surface area contributed by atoms with Crippen LogP contribution >= 0.6 is 0 Å². The van der Waals surface area contributed by atoms with Crippen LogP contribution in [0.3, 0.4) is 0 Å². The predicted molar refractivity (Wildman–Crippen MR) is 88.7 cm³/mol. The van der Waals surface area contributed by atoms with E-state index in [1.165, 1.54) is 5.56 Å². The number of rotatable bonds is 2. The number of amides is 1. The van der Waals surface area contributed by atoms with E-state index in [-0.39, 0.29) is 18.0 Å². The lowest BCUT2D eigenvalue weighted by Crippen LogP contribution is -2.56. The monoisotopic (exact) mass is 311 g/mol. The average Bonchev–Trinajstić information content (AvgIpc) is 2.96. The number of carbonyl (C=O) groups excluding carboxylic acids is 1. The Morgan fingerprint density at radius 3 is 2.74 bits per heavy atom. The first-order valence-corrected chi connectivity index (χ1v) is 8.14. The Morgan fingerprint density at radius 2 is 1.96 bits per heavy atom. The van der Waals surface area contributed by atoms with Crippen LogP contribution in [0.25, 0.3) is 0 Å². The van der Waals surface area contributed by atoms with Crippen LogP contribution in [0, 0.1) is 0 Å². The summed E-state index contributed by atoms with van der Waals surface area (Å²) in [7, 11) is 0. The maximum atomic E-state index is 12.4. The van der Waals surface area contributed by atoms with Crippen molar-refractivity contribution >= 4 is 11.9 Å². The van der Waals surface area contributed by atoms with Gasteiger partial charge in [-0.05, 0) is 11.6 Å². The summed E-state index contributed by atoms with van der Waals surface area (Å²) in [6.45, 7) is 4.46. The van der Waals surface area contributed by atoms with Gasteiger partial charge in [0.1, 0.15) is 12.1 Å². The largest absolute Gasteiger partial charge is 0.340 e. The van der Waals surface area contributed by atoms with E-state index in [1.807, 2.05) is 24.3 Å². The van der Waals surface area contributed by atoms with E-state index in [4.69, 9.17) is 4.99 Å². The van der Waals surface area contributed by atoms with Crippen molar-refractivity contribution in [2.45, 2.75) is 18.6 Å². The molecule has 3 aliphatic rings. The van der Waals surface area contributed by atoms with Gasteiger partial charge in [-0.2, -0.15) is 0 Å². The summed E-state index contributed by atoms with van der Waals surface area (Å²) < 4.78 is 0. The molecule has 0 aromatic heterocycles. The Labute approximate surface area is 135 Å². The van der Waals surface area contributed by atoms with Crippen molar-refractivity contribution in [2.24, 2.45) is 4.99 Å². The highest BCUT2D eigenvalue weighted by Gasteiger charge is 2.43. The van der Waals surface area contributed by atoms with Crippen molar-refractivity contribution in [3.63, 3.8) is 0 Å². The number of carbonyl (C=O) groups is 1. The molecule has 0 radical (unpaired) electrons. The van der Waals surface area contributed by atoms with E-state index in [1.54, 1.807) is 6.20 Å². The first-order chi connectivity index (χ1) is 11.3. The fourth-order valence-electron chi connectivity index (χ4n) is 3.42. The molecule has 1 amide bonds. The normalized spacial score (nSPS) is 26.8. The predicted octanol–water partition coefficient (Wildman–Crippen LogP) is 0.144. The van der Waals surface area contributed by atoms with Gasteiger partial charge in [-0.1, -0.05) is 30.3 Å². The summed E-state index contributed by atoms with van der Waals surface area (Å²) in [5.41, 5.74) is 1.19. The summed E-state index contributed by atoms with van der Waals surface area (Å²) in [6, 6.07) is 9.94. The number of hydrogen-bond acceptors (Lipinski definition) is 5. The molecule has 23 heavy (non-hydrogen) atoms. The Bertz CT molecular complexity index is 636. The molecule has 0 saturated carbocycles. The van der Waals surface area contributed by atoms with Crippen LogP contribution in [0.4, 0.5) is 0 Å². The number of guanidine groups is 1. The van der Waals surface area contributed by atoms with Crippen molar-refractivity contribution in [3.8, 4) is 0 Å². The van der Waals surface area contributed by atoms with Crippen LogP contribution < -0.4 is 10.6 Å². The number of benzene rings is 1. The van der Waals surface area contributed by atoms with Gasteiger partial charge in [-0.3, -0.25) is 4.79 Å². The molecule has 1 fully saturated rings. The molecule has 1 aromatic rings. The molecule has 0 aliphatic carbocycles. The summed E-state index contributed by atoms with van der Waals surface area (Å²) >= 11 is 0. The highest BCUT2D eigenvalue weighted by molar-refractivity contribution is 5.94. The first kappa shape index (κ1) is 14.3. The summed E-state index contributed by atoms with van der Waals surface area (Å²) in [5.74, 6) is 0.981. The molecule has 6 nitrogen and oxygen atoms in total. The third kappa shape index (κ3) is 2.70. The van der Waals surface area contributed by atoms with Crippen molar-refractivity contribution in [1.82, 2.24) is 20.4 Å². The van der Waals surface area contributed by atoms with Gasteiger partial charge in [0, 0.05) is 38.9 Å². The second kappa shape index (κ2) is 6.04. The van der Waals surface area contributed by atoms with E-state index in [2.05, 4.69) is 32.6 Å². The maximum Gasteiger partial charge on any atom is 0.249 e. The summed E-state index contributed by atoms with van der Waals surface area (Å²) in [5, 5.41) is 6.19. The molecule has 2 unspecified atom stereocenters. The lowest BCUT2D eigenvalue weighted by atomic mass is 10.0. The minimum Gasteiger partial charge on any atom is -0.340 e. The molecular weight excluding hydrogens is 290 g/mol. The lowest BCUT2D eigenvalue weighted by Gasteiger charge is -2.36. The van der Waals surface area contributed by atoms with Gasteiger partial charge in [0.2, 0.25) is 5.91 Å². The summed E-state index contributed by atoms with van der Waals surface area (Å²) in [6.07, 6.45) is 3.70. The van der Waals surface area contributed by atoms with Crippen molar-refractivity contribution < 1.29 is 4.79 Å². The van der Waals surface area contributed by atoms with Gasteiger partial charge in [0.25, 0.3) is 0 Å². The van der Waals surface area contributed by atoms with Crippen molar-refractivity contribution in [1.29, 1.82) is 0 Å². The number of nitrogens with one attached hydrogen (secondary N) is 2. The standard InChI is InChI=1S/C17H21N5O/c23-16-15-14(6-7-19-16)20-17(21-10-8-18-9-11-21)22(15)12-13-4-2-1-3-5-13/h1-7,14-15,18H,8-12H2,(H,19,23). The van der Waals surface area contributed by atoms with E-state index in [0.717, 1.165) is 32.1 Å². The van der Waals surface area contributed by atoms with Gasteiger partial charge in [0.15, 0.2) is 5.96 Å². The molecule has 2 atom stereocenters. The van der Waals surface area contributed by atoms with Crippen molar-refractivity contribution in [3.05, 3.63) is 48.2 Å². The minimum atomic E-state index is -0.245. The third-order valence-corrected chi connectivity index (χ3v) is 4.56. The Kier molecular flexibility index (Phi) is 3.75. The van der Waals surface area contributed by atoms with Gasteiger partial charge in [0.05, 0.1) is 0 Å². The number of hydrogen-bond donors (Lipinski definition) is 2. The minimum absolute atomic E-state index is 0.0299. The second-order valence-electron chi connectivity index (χ2n) is 6.08. The van der Waals surface area contributed by atoms with E-state index < -0.39 is 0 Å². The number of nitrogens with zero attached hydrogens (tertiary/aromatic N) is 3. The Balaban J connectivity index is 1.64. The Morgan fingerprint density at radius 1 is 1.17 bits per heavy atom. The zero-order chi connectivity index (χ0) is 15.6. The van der Waals surface area contributed by atoms with Gasteiger partial charge >= 0.3 is 0 Å². The lowest BCUT2D eigenvalue weighted by molar-refractivity contribution is -0.124. The number of aliphatic imine (C=N–C) groups is 1. The van der Waals surface area contributed by atoms with Crippen LogP contribution in [-0.4, -0.2) is 59.9 Å². The van der Waals surface area contributed by atoms with E-state index in [0.29, 0.717) is 6.54 Å². The number of fused-ring (bicyclic) bond motifs is 1. The quantitative estimate of drug-likeness (QED) is 0.816. The topological polar surface area (TPSA) is 60.0 Å². The Hall–Kier alpha value is -2.34. The second-order valence-corrected chi connectivity index (χ2v) is 6.08. The van der Waals surface area contributed by atoms with E-state index >= 15 is 0 Å². The average molecular weight is 311 g/mol. The highest BCUT2D eigenvalue weighted by atomic mass is 16.2. The molecule has 0 bridgehead atoms. The zero-order valence-corrected chi connectivity index (χ0v) is 13.0. The van der Waals surface area contributed by atoms with Crippen molar-refractivity contribution in [2.75, 3.05) is 26.2 Å². The molecule has 1 saturated heterocycles. The smallest absolute Gasteiger partial charge is 0.249 e. The van der Waals surface area contributed by atoms with E-state index in [9.17, 15) is 4.79 Å². The molecule has 4 rings (SSSR count). The molecule has 2 N–H and O–H groups in total. The summed E-state index contributed by atoms with van der Waals surface area (Å²) in [4.78, 5) is 21.7.